The summed E-state index contributed by atoms with van der Waals surface area (Å²) < 4.78 is 0. The van der Waals surface area contributed by atoms with Crippen molar-refractivity contribution in [3.05, 3.63) is 51.7 Å². The molecule has 0 aliphatic carbocycles. The number of aromatic nitrogens is 2. The van der Waals surface area contributed by atoms with Crippen LogP contribution in [0.3, 0.4) is 0 Å². The average Bonchev–Trinajstić information content (AvgIpc) is 2.57. The number of nitro groups is 1. The van der Waals surface area contributed by atoms with Gasteiger partial charge in [0.1, 0.15) is 6.20 Å². The van der Waals surface area contributed by atoms with Gasteiger partial charge in [-0.05, 0) is 37.7 Å². The quantitative estimate of drug-likeness (QED) is 0.685. The lowest BCUT2D eigenvalue weighted by Gasteiger charge is -2.32. The van der Waals surface area contributed by atoms with E-state index in [4.69, 9.17) is 5.73 Å². The summed E-state index contributed by atoms with van der Waals surface area (Å²) in [6.45, 7) is 3.77. The summed E-state index contributed by atoms with van der Waals surface area (Å²) in [4.78, 5) is 20.6. The second-order valence-electron chi connectivity index (χ2n) is 6.34. The fourth-order valence-corrected chi connectivity index (χ4v) is 3.14. The predicted octanol–water partition coefficient (Wildman–Crippen LogP) is 2.73. The highest BCUT2D eigenvalue weighted by Gasteiger charge is 2.24. The maximum atomic E-state index is 10.8. The molecule has 24 heavy (non-hydrogen) atoms. The summed E-state index contributed by atoms with van der Waals surface area (Å²) in [5.74, 6) is 0.916. The third kappa shape index (κ3) is 3.61. The van der Waals surface area contributed by atoms with Gasteiger partial charge in [-0.3, -0.25) is 10.1 Å². The zero-order chi connectivity index (χ0) is 17.1. The Labute approximate surface area is 140 Å². The van der Waals surface area contributed by atoms with Gasteiger partial charge in [-0.25, -0.2) is 4.98 Å². The Hall–Kier alpha value is -2.70. The molecule has 0 spiro atoms. The molecule has 0 amide bonds. The topological polar surface area (TPSA) is 98.2 Å². The average molecular weight is 327 g/mol. The van der Waals surface area contributed by atoms with Crippen molar-refractivity contribution < 1.29 is 4.92 Å². The summed E-state index contributed by atoms with van der Waals surface area (Å²) >= 11 is 0. The van der Waals surface area contributed by atoms with Crippen LogP contribution in [0.1, 0.15) is 24.0 Å². The number of piperidine rings is 1. The number of hydrogen-bond donors (Lipinski definition) is 1. The standard InChI is InChI=1S/C17H21N5O2/c1-12-4-6-13(7-5-12)9-14-3-2-8-21(11-14)17-19-10-15(22(23)24)16(18)20-17/h4-7,10,14H,2-3,8-9,11H2,1H3,(H2,18,19,20). The second kappa shape index (κ2) is 6.82. The number of aryl methyl sites for hydroxylation is 1. The lowest BCUT2D eigenvalue weighted by molar-refractivity contribution is -0.384. The van der Waals surface area contributed by atoms with E-state index in [0.717, 1.165) is 32.4 Å². The number of nitrogen functional groups attached to an aromatic ring is 1. The van der Waals surface area contributed by atoms with Gasteiger partial charge in [0, 0.05) is 13.1 Å². The van der Waals surface area contributed by atoms with Crippen LogP contribution in [-0.2, 0) is 6.42 Å². The molecule has 1 unspecified atom stereocenters. The van der Waals surface area contributed by atoms with Crippen molar-refractivity contribution in [1.82, 2.24) is 9.97 Å². The summed E-state index contributed by atoms with van der Waals surface area (Å²) in [5, 5.41) is 10.8. The number of nitrogens with two attached hydrogens (primary N) is 1. The minimum absolute atomic E-state index is 0.0781. The summed E-state index contributed by atoms with van der Waals surface area (Å²) in [6, 6.07) is 8.62. The van der Waals surface area contributed by atoms with Gasteiger partial charge in [0.2, 0.25) is 11.8 Å². The fraction of sp³-hybridized carbons (Fsp3) is 0.412. The van der Waals surface area contributed by atoms with Crippen LogP contribution in [0, 0.1) is 23.0 Å². The van der Waals surface area contributed by atoms with Gasteiger partial charge in [-0.1, -0.05) is 29.8 Å². The van der Waals surface area contributed by atoms with Crippen molar-refractivity contribution in [2.75, 3.05) is 23.7 Å². The summed E-state index contributed by atoms with van der Waals surface area (Å²) in [5.41, 5.74) is 8.03. The minimum atomic E-state index is -0.560. The Kier molecular flexibility index (Phi) is 4.59. The molecule has 1 fully saturated rings. The first-order valence-corrected chi connectivity index (χ1v) is 8.10. The van der Waals surface area contributed by atoms with Crippen molar-refractivity contribution in [2.24, 2.45) is 5.92 Å². The number of benzene rings is 1. The molecule has 2 N–H and O–H groups in total. The molecular formula is C17H21N5O2. The van der Waals surface area contributed by atoms with Gasteiger partial charge in [-0.2, -0.15) is 4.98 Å². The van der Waals surface area contributed by atoms with Crippen LogP contribution in [-0.4, -0.2) is 28.0 Å². The van der Waals surface area contributed by atoms with Gasteiger partial charge in [0.05, 0.1) is 4.92 Å². The largest absolute Gasteiger partial charge is 0.378 e. The molecule has 0 saturated carbocycles. The van der Waals surface area contributed by atoms with Crippen molar-refractivity contribution in [2.45, 2.75) is 26.2 Å². The molecule has 7 nitrogen and oxygen atoms in total. The van der Waals surface area contributed by atoms with Crippen molar-refractivity contribution >= 4 is 17.5 Å². The molecule has 2 heterocycles. The van der Waals surface area contributed by atoms with Crippen molar-refractivity contribution in [3.63, 3.8) is 0 Å². The number of nitrogens with zero attached hydrogens (tertiary/aromatic N) is 4. The van der Waals surface area contributed by atoms with E-state index >= 15 is 0 Å². The van der Waals surface area contributed by atoms with Crippen LogP contribution in [0.4, 0.5) is 17.5 Å². The Balaban J connectivity index is 1.70. The smallest absolute Gasteiger partial charge is 0.329 e. The molecular weight excluding hydrogens is 306 g/mol. The first-order valence-electron chi connectivity index (χ1n) is 8.10. The highest BCUT2D eigenvalue weighted by Crippen LogP contribution is 2.26. The minimum Gasteiger partial charge on any atom is -0.378 e. The molecule has 0 radical (unpaired) electrons. The van der Waals surface area contributed by atoms with Gasteiger partial charge in [0.15, 0.2) is 0 Å². The van der Waals surface area contributed by atoms with Crippen LogP contribution in [0.2, 0.25) is 0 Å². The lowest BCUT2D eigenvalue weighted by atomic mass is 9.91. The van der Waals surface area contributed by atoms with E-state index in [1.165, 1.54) is 17.3 Å². The van der Waals surface area contributed by atoms with Crippen LogP contribution >= 0.6 is 0 Å². The van der Waals surface area contributed by atoms with Gasteiger partial charge in [-0.15, -0.1) is 0 Å². The third-order valence-corrected chi connectivity index (χ3v) is 4.43. The molecule has 1 aromatic carbocycles. The van der Waals surface area contributed by atoms with E-state index in [-0.39, 0.29) is 11.5 Å². The SMILES string of the molecule is Cc1ccc(CC2CCCN(c3ncc([N+](=O)[O-])c(N)n3)C2)cc1. The van der Waals surface area contributed by atoms with Crippen molar-refractivity contribution in [1.29, 1.82) is 0 Å². The maximum Gasteiger partial charge on any atom is 0.329 e. The zero-order valence-corrected chi connectivity index (χ0v) is 13.7. The van der Waals surface area contributed by atoms with E-state index < -0.39 is 4.92 Å². The first kappa shape index (κ1) is 16.2. The molecule has 1 aromatic heterocycles. The van der Waals surface area contributed by atoms with E-state index in [2.05, 4.69) is 46.1 Å². The Bertz CT molecular complexity index is 732. The number of hydrogen-bond acceptors (Lipinski definition) is 6. The number of anilines is 2. The van der Waals surface area contributed by atoms with E-state index in [9.17, 15) is 10.1 Å². The molecule has 126 valence electrons. The highest BCUT2D eigenvalue weighted by molar-refractivity contribution is 5.53. The van der Waals surface area contributed by atoms with Gasteiger partial charge >= 0.3 is 5.69 Å². The zero-order valence-electron chi connectivity index (χ0n) is 13.7. The molecule has 1 aliphatic rings. The normalized spacial score (nSPS) is 17.7. The fourth-order valence-electron chi connectivity index (χ4n) is 3.14. The van der Waals surface area contributed by atoms with Gasteiger partial charge < -0.3 is 10.6 Å². The molecule has 1 atom stereocenters. The summed E-state index contributed by atoms with van der Waals surface area (Å²) in [7, 11) is 0. The molecule has 7 heteroatoms. The molecule has 2 aromatic rings. The van der Waals surface area contributed by atoms with Gasteiger partial charge in [0.25, 0.3) is 0 Å². The Morgan fingerprint density at radius 1 is 1.38 bits per heavy atom. The van der Waals surface area contributed by atoms with E-state index in [0.29, 0.717) is 11.9 Å². The molecule has 3 rings (SSSR count). The first-order chi connectivity index (χ1) is 11.5. The van der Waals surface area contributed by atoms with Crippen LogP contribution in [0.5, 0.6) is 0 Å². The lowest BCUT2D eigenvalue weighted by Crippen LogP contribution is -2.37. The Morgan fingerprint density at radius 2 is 2.12 bits per heavy atom. The molecule has 1 aliphatic heterocycles. The third-order valence-electron chi connectivity index (χ3n) is 4.43. The highest BCUT2D eigenvalue weighted by atomic mass is 16.6. The molecule has 0 bridgehead atoms. The van der Waals surface area contributed by atoms with E-state index in [1.54, 1.807) is 0 Å². The van der Waals surface area contributed by atoms with Crippen molar-refractivity contribution in [3.8, 4) is 0 Å². The monoisotopic (exact) mass is 327 g/mol. The predicted molar refractivity (Wildman–Crippen MR) is 92.9 cm³/mol. The van der Waals surface area contributed by atoms with Crippen LogP contribution in [0.15, 0.2) is 30.5 Å². The molecule has 1 saturated heterocycles. The Morgan fingerprint density at radius 3 is 2.79 bits per heavy atom. The van der Waals surface area contributed by atoms with Crippen LogP contribution in [0.25, 0.3) is 0 Å². The second-order valence-corrected chi connectivity index (χ2v) is 6.34. The van der Waals surface area contributed by atoms with E-state index in [1.807, 2.05) is 0 Å². The summed E-state index contributed by atoms with van der Waals surface area (Å²) in [6.07, 6.45) is 4.42. The maximum absolute atomic E-state index is 10.8. The number of rotatable bonds is 4. The van der Waals surface area contributed by atoms with Crippen LogP contribution < -0.4 is 10.6 Å².